The van der Waals surface area contributed by atoms with Gasteiger partial charge in [0, 0.05) is 5.69 Å². The number of aryl methyl sites for hydroxylation is 1. The maximum Gasteiger partial charge on any atom is 0.412 e. The fourth-order valence-corrected chi connectivity index (χ4v) is 1.91. The average Bonchev–Trinajstić information content (AvgIpc) is 2.38. The van der Waals surface area contributed by atoms with Gasteiger partial charge in [0.25, 0.3) is 0 Å². The molecule has 21 heavy (non-hydrogen) atoms. The predicted octanol–water partition coefficient (Wildman–Crippen LogP) is 5.01. The van der Waals surface area contributed by atoms with Crippen LogP contribution in [0.4, 0.5) is 10.5 Å². The number of hydrogen-bond donors (Lipinski definition) is 1. The Balaban J connectivity index is 2.05. The average molecular weight is 283 g/mol. The lowest BCUT2D eigenvalue weighted by Gasteiger charge is -2.19. The number of carbonyl (C=O) groups excluding carboxylic acids is 1. The van der Waals surface area contributed by atoms with E-state index in [4.69, 9.17) is 4.74 Å². The van der Waals surface area contributed by atoms with Crippen molar-refractivity contribution in [2.24, 2.45) is 0 Å². The van der Waals surface area contributed by atoms with Gasteiger partial charge in [0.2, 0.25) is 0 Å². The molecule has 0 aliphatic rings. The van der Waals surface area contributed by atoms with Gasteiger partial charge in [-0.25, -0.2) is 4.79 Å². The highest BCUT2D eigenvalue weighted by Gasteiger charge is 2.16. The second kappa shape index (κ2) is 6.00. The molecule has 3 nitrogen and oxygen atoms in total. The Hall–Kier alpha value is -2.29. The fraction of sp³-hybridized carbons (Fsp3) is 0.278. The molecule has 0 aliphatic heterocycles. The van der Waals surface area contributed by atoms with Gasteiger partial charge in [0.15, 0.2) is 0 Å². The van der Waals surface area contributed by atoms with Crippen molar-refractivity contribution in [3.63, 3.8) is 0 Å². The van der Waals surface area contributed by atoms with Crippen molar-refractivity contribution in [1.29, 1.82) is 0 Å². The van der Waals surface area contributed by atoms with Gasteiger partial charge in [0.1, 0.15) is 5.60 Å². The SMILES string of the molecule is Cc1ccc(-c2ccc(NC(=O)OC(C)(C)C)cc2)cc1. The summed E-state index contributed by atoms with van der Waals surface area (Å²) in [4.78, 5) is 11.7. The van der Waals surface area contributed by atoms with Crippen LogP contribution in [0.1, 0.15) is 26.3 Å². The Bertz CT molecular complexity index is 607. The molecule has 0 heterocycles. The molecule has 0 saturated carbocycles. The number of rotatable bonds is 2. The highest BCUT2D eigenvalue weighted by atomic mass is 16.6. The summed E-state index contributed by atoms with van der Waals surface area (Å²) in [6.45, 7) is 7.59. The first-order valence-corrected chi connectivity index (χ1v) is 7.01. The standard InChI is InChI=1S/C18H21NO2/c1-13-5-7-14(8-6-13)15-9-11-16(12-10-15)19-17(20)21-18(2,3)4/h5-12H,1-4H3,(H,19,20). The van der Waals surface area contributed by atoms with E-state index in [2.05, 4.69) is 36.5 Å². The smallest absolute Gasteiger partial charge is 0.412 e. The third-order valence-corrected chi connectivity index (χ3v) is 2.92. The van der Waals surface area contributed by atoms with Gasteiger partial charge in [0.05, 0.1) is 0 Å². The third-order valence-electron chi connectivity index (χ3n) is 2.92. The van der Waals surface area contributed by atoms with Crippen LogP contribution in [0, 0.1) is 6.92 Å². The Labute approximate surface area is 126 Å². The van der Waals surface area contributed by atoms with E-state index < -0.39 is 11.7 Å². The van der Waals surface area contributed by atoms with Crippen molar-refractivity contribution in [1.82, 2.24) is 0 Å². The number of nitrogens with one attached hydrogen (secondary N) is 1. The van der Waals surface area contributed by atoms with Crippen LogP contribution in [0.25, 0.3) is 11.1 Å². The predicted molar refractivity (Wildman–Crippen MR) is 86.5 cm³/mol. The quantitative estimate of drug-likeness (QED) is 0.841. The number of hydrogen-bond acceptors (Lipinski definition) is 2. The molecule has 0 spiro atoms. The molecule has 0 aromatic heterocycles. The third kappa shape index (κ3) is 4.63. The van der Waals surface area contributed by atoms with E-state index in [-0.39, 0.29) is 0 Å². The van der Waals surface area contributed by atoms with E-state index in [0.717, 1.165) is 16.8 Å². The van der Waals surface area contributed by atoms with Crippen LogP contribution >= 0.6 is 0 Å². The minimum atomic E-state index is -0.494. The van der Waals surface area contributed by atoms with E-state index in [1.807, 2.05) is 45.0 Å². The minimum absolute atomic E-state index is 0.439. The summed E-state index contributed by atoms with van der Waals surface area (Å²) in [5.74, 6) is 0. The summed E-state index contributed by atoms with van der Waals surface area (Å²) in [6, 6.07) is 16.1. The van der Waals surface area contributed by atoms with Gasteiger partial charge in [-0.1, -0.05) is 42.0 Å². The molecular weight excluding hydrogens is 262 g/mol. The molecule has 0 fully saturated rings. The molecule has 2 rings (SSSR count). The topological polar surface area (TPSA) is 38.3 Å². The maximum absolute atomic E-state index is 11.7. The van der Waals surface area contributed by atoms with Crippen LogP contribution in [0.2, 0.25) is 0 Å². The molecule has 0 aliphatic carbocycles. The van der Waals surface area contributed by atoms with Crippen molar-refractivity contribution in [3.8, 4) is 11.1 Å². The molecule has 1 amide bonds. The second-order valence-electron chi connectivity index (χ2n) is 6.07. The Kier molecular flexibility index (Phi) is 4.32. The van der Waals surface area contributed by atoms with Crippen molar-refractivity contribution in [2.75, 3.05) is 5.32 Å². The molecule has 2 aromatic rings. The van der Waals surface area contributed by atoms with E-state index in [9.17, 15) is 4.79 Å². The number of carbonyl (C=O) groups is 1. The van der Waals surface area contributed by atoms with Crippen LogP contribution in [0.15, 0.2) is 48.5 Å². The molecule has 110 valence electrons. The van der Waals surface area contributed by atoms with E-state index in [0.29, 0.717) is 0 Å². The number of benzene rings is 2. The van der Waals surface area contributed by atoms with Gasteiger partial charge in [-0.2, -0.15) is 0 Å². The van der Waals surface area contributed by atoms with Crippen LogP contribution in [-0.4, -0.2) is 11.7 Å². The highest BCUT2D eigenvalue weighted by molar-refractivity contribution is 5.85. The summed E-state index contributed by atoms with van der Waals surface area (Å²) in [6.07, 6.45) is -0.439. The van der Waals surface area contributed by atoms with Crippen LogP contribution in [0.5, 0.6) is 0 Å². The van der Waals surface area contributed by atoms with Crippen LogP contribution < -0.4 is 5.32 Å². The summed E-state index contributed by atoms with van der Waals surface area (Å²) >= 11 is 0. The zero-order chi connectivity index (χ0) is 15.5. The fourth-order valence-electron chi connectivity index (χ4n) is 1.91. The molecule has 0 bridgehead atoms. The van der Waals surface area contributed by atoms with Crippen LogP contribution in [-0.2, 0) is 4.74 Å². The molecule has 0 radical (unpaired) electrons. The zero-order valence-corrected chi connectivity index (χ0v) is 12.9. The van der Waals surface area contributed by atoms with E-state index >= 15 is 0 Å². The second-order valence-corrected chi connectivity index (χ2v) is 6.07. The van der Waals surface area contributed by atoms with Crippen molar-refractivity contribution in [3.05, 3.63) is 54.1 Å². The normalized spacial score (nSPS) is 11.0. The summed E-state index contributed by atoms with van der Waals surface area (Å²) in [5.41, 5.74) is 3.74. The molecule has 3 heteroatoms. The van der Waals surface area contributed by atoms with Gasteiger partial charge in [-0.05, 0) is 51.0 Å². The Morgan fingerprint density at radius 2 is 1.38 bits per heavy atom. The minimum Gasteiger partial charge on any atom is -0.444 e. The Morgan fingerprint density at radius 3 is 1.86 bits per heavy atom. The zero-order valence-electron chi connectivity index (χ0n) is 12.9. The number of amides is 1. The molecule has 0 unspecified atom stereocenters. The van der Waals surface area contributed by atoms with Gasteiger partial charge in [-0.15, -0.1) is 0 Å². The largest absolute Gasteiger partial charge is 0.444 e. The first-order chi connectivity index (χ1) is 9.83. The van der Waals surface area contributed by atoms with Crippen LogP contribution in [0.3, 0.4) is 0 Å². The number of ether oxygens (including phenoxy) is 1. The molecule has 2 aromatic carbocycles. The van der Waals surface area contributed by atoms with E-state index in [1.165, 1.54) is 5.56 Å². The van der Waals surface area contributed by atoms with Crippen molar-refractivity contribution in [2.45, 2.75) is 33.3 Å². The number of anilines is 1. The summed E-state index contributed by atoms with van der Waals surface area (Å²) in [5, 5.41) is 2.73. The van der Waals surface area contributed by atoms with E-state index in [1.54, 1.807) is 0 Å². The maximum atomic E-state index is 11.7. The molecular formula is C18H21NO2. The van der Waals surface area contributed by atoms with Gasteiger partial charge < -0.3 is 4.74 Å². The summed E-state index contributed by atoms with van der Waals surface area (Å²) < 4.78 is 5.22. The molecule has 0 atom stereocenters. The van der Waals surface area contributed by atoms with Gasteiger partial charge in [-0.3, -0.25) is 5.32 Å². The lowest BCUT2D eigenvalue weighted by Crippen LogP contribution is -2.27. The van der Waals surface area contributed by atoms with Crippen molar-refractivity contribution >= 4 is 11.8 Å². The Morgan fingerprint density at radius 1 is 0.905 bits per heavy atom. The highest BCUT2D eigenvalue weighted by Crippen LogP contribution is 2.22. The lowest BCUT2D eigenvalue weighted by molar-refractivity contribution is 0.0636. The monoisotopic (exact) mass is 283 g/mol. The van der Waals surface area contributed by atoms with Gasteiger partial charge >= 0.3 is 6.09 Å². The first-order valence-electron chi connectivity index (χ1n) is 7.01. The lowest BCUT2D eigenvalue weighted by atomic mass is 10.0. The van der Waals surface area contributed by atoms with Crippen molar-refractivity contribution < 1.29 is 9.53 Å². The molecule has 1 N–H and O–H groups in total. The molecule has 0 saturated heterocycles. The first kappa shape index (κ1) is 15.1. The summed E-state index contributed by atoms with van der Waals surface area (Å²) in [7, 11) is 0.